The third-order valence-electron chi connectivity index (χ3n) is 4.94. The lowest BCUT2D eigenvalue weighted by atomic mass is 9.79. The molecule has 118 valence electrons. The molecule has 1 aliphatic carbocycles. The van der Waals surface area contributed by atoms with Gasteiger partial charge in [-0.3, -0.25) is 4.79 Å². The van der Waals surface area contributed by atoms with Crippen molar-refractivity contribution in [2.24, 2.45) is 11.8 Å². The van der Waals surface area contributed by atoms with E-state index in [1.165, 1.54) is 11.3 Å². The van der Waals surface area contributed by atoms with Crippen molar-refractivity contribution in [1.29, 1.82) is 0 Å². The molecule has 2 amide bonds. The highest BCUT2D eigenvalue weighted by Gasteiger charge is 2.42. The van der Waals surface area contributed by atoms with Gasteiger partial charge in [-0.25, -0.2) is 9.69 Å². The van der Waals surface area contributed by atoms with Crippen molar-refractivity contribution in [3.63, 3.8) is 0 Å². The van der Waals surface area contributed by atoms with Gasteiger partial charge in [0.1, 0.15) is 6.61 Å². The zero-order chi connectivity index (χ0) is 15.5. The summed E-state index contributed by atoms with van der Waals surface area (Å²) in [5.74, 6) is 0.292. The average molecular weight is 301 g/mol. The summed E-state index contributed by atoms with van der Waals surface area (Å²) in [7, 11) is 0. The van der Waals surface area contributed by atoms with Gasteiger partial charge in [-0.1, -0.05) is 50.1 Å². The summed E-state index contributed by atoms with van der Waals surface area (Å²) < 4.78 is 5.16. The topological polar surface area (TPSA) is 46.6 Å². The SMILES string of the molecule is C[C@H]1CCCC[C@@H]1C(=O)N1C(=O)OC[C@@H]1Cc1ccccc1. The van der Waals surface area contributed by atoms with E-state index in [4.69, 9.17) is 4.74 Å². The third kappa shape index (κ3) is 3.01. The van der Waals surface area contributed by atoms with Crippen molar-refractivity contribution in [3.05, 3.63) is 35.9 Å². The molecule has 0 radical (unpaired) electrons. The first kappa shape index (κ1) is 15.1. The Balaban J connectivity index is 1.74. The van der Waals surface area contributed by atoms with E-state index in [0.717, 1.165) is 24.8 Å². The van der Waals surface area contributed by atoms with Crippen molar-refractivity contribution >= 4 is 12.0 Å². The number of rotatable bonds is 3. The van der Waals surface area contributed by atoms with E-state index in [1.807, 2.05) is 30.3 Å². The van der Waals surface area contributed by atoms with Crippen LogP contribution in [0, 0.1) is 11.8 Å². The van der Waals surface area contributed by atoms with Crippen molar-refractivity contribution in [2.75, 3.05) is 6.61 Å². The van der Waals surface area contributed by atoms with Crippen molar-refractivity contribution in [2.45, 2.75) is 45.1 Å². The maximum atomic E-state index is 12.8. The molecular weight excluding hydrogens is 278 g/mol. The molecule has 1 aliphatic heterocycles. The molecule has 0 aromatic heterocycles. The summed E-state index contributed by atoms with van der Waals surface area (Å²) in [6, 6.07) is 9.79. The number of amides is 2. The number of imide groups is 1. The second-order valence-electron chi connectivity index (χ2n) is 6.50. The fraction of sp³-hybridized carbons (Fsp3) is 0.556. The maximum absolute atomic E-state index is 12.8. The van der Waals surface area contributed by atoms with Crippen LogP contribution < -0.4 is 0 Å². The molecule has 3 rings (SSSR count). The van der Waals surface area contributed by atoms with Gasteiger partial charge in [-0.05, 0) is 30.7 Å². The molecule has 1 saturated carbocycles. The molecular formula is C18H23NO3. The highest BCUT2D eigenvalue weighted by molar-refractivity contribution is 5.95. The first-order valence-corrected chi connectivity index (χ1v) is 8.20. The van der Waals surface area contributed by atoms with Crippen LogP contribution in [0.1, 0.15) is 38.2 Å². The molecule has 1 saturated heterocycles. The summed E-state index contributed by atoms with van der Waals surface area (Å²) in [6.07, 6.45) is 4.42. The number of nitrogens with zero attached hydrogens (tertiary/aromatic N) is 1. The minimum absolute atomic E-state index is 0.0299. The van der Waals surface area contributed by atoms with Gasteiger partial charge in [0.2, 0.25) is 5.91 Å². The molecule has 0 spiro atoms. The van der Waals surface area contributed by atoms with Gasteiger partial charge in [-0.2, -0.15) is 0 Å². The summed E-state index contributed by atoms with van der Waals surface area (Å²) in [5.41, 5.74) is 1.13. The van der Waals surface area contributed by atoms with Crippen LogP contribution in [0.2, 0.25) is 0 Å². The molecule has 2 fully saturated rings. The average Bonchev–Trinajstić information content (AvgIpc) is 2.89. The Labute approximate surface area is 131 Å². The van der Waals surface area contributed by atoms with Gasteiger partial charge in [0.15, 0.2) is 0 Å². The highest BCUT2D eigenvalue weighted by atomic mass is 16.6. The van der Waals surface area contributed by atoms with Gasteiger partial charge < -0.3 is 4.74 Å². The summed E-state index contributed by atoms with van der Waals surface area (Å²) in [5, 5.41) is 0. The van der Waals surface area contributed by atoms with Crippen LogP contribution in [0.5, 0.6) is 0 Å². The van der Waals surface area contributed by atoms with E-state index in [-0.39, 0.29) is 17.9 Å². The monoisotopic (exact) mass is 301 g/mol. The van der Waals surface area contributed by atoms with E-state index in [0.29, 0.717) is 18.9 Å². The molecule has 0 unspecified atom stereocenters. The third-order valence-corrected chi connectivity index (χ3v) is 4.94. The van der Waals surface area contributed by atoms with Gasteiger partial charge >= 0.3 is 6.09 Å². The maximum Gasteiger partial charge on any atom is 0.416 e. The van der Waals surface area contributed by atoms with Gasteiger partial charge in [-0.15, -0.1) is 0 Å². The summed E-state index contributed by atoms with van der Waals surface area (Å²) in [4.78, 5) is 26.3. The fourth-order valence-electron chi connectivity index (χ4n) is 3.63. The Hall–Kier alpha value is -1.84. The van der Waals surface area contributed by atoms with E-state index < -0.39 is 6.09 Å². The second-order valence-corrected chi connectivity index (χ2v) is 6.50. The van der Waals surface area contributed by atoms with E-state index in [9.17, 15) is 9.59 Å². The van der Waals surface area contributed by atoms with E-state index >= 15 is 0 Å². The van der Waals surface area contributed by atoms with Crippen LogP contribution in [0.15, 0.2) is 30.3 Å². The largest absolute Gasteiger partial charge is 0.447 e. The Kier molecular flexibility index (Phi) is 4.46. The van der Waals surface area contributed by atoms with Crippen LogP contribution in [-0.2, 0) is 16.0 Å². The zero-order valence-electron chi connectivity index (χ0n) is 13.0. The number of carbonyl (C=O) groups excluding carboxylic acids is 2. The number of hydrogen-bond acceptors (Lipinski definition) is 3. The molecule has 3 atom stereocenters. The summed E-state index contributed by atoms with van der Waals surface area (Å²) in [6.45, 7) is 2.43. The minimum Gasteiger partial charge on any atom is -0.447 e. The predicted molar refractivity (Wildman–Crippen MR) is 83.3 cm³/mol. The molecule has 1 aromatic rings. The van der Waals surface area contributed by atoms with Crippen LogP contribution in [-0.4, -0.2) is 29.5 Å². The molecule has 1 heterocycles. The second kappa shape index (κ2) is 6.51. The Morgan fingerprint density at radius 2 is 1.95 bits per heavy atom. The molecule has 0 N–H and O–H groups in total. The van der Waals surface area contributed by atoms with Crippen molar-refractivity contribution in [1.82, 2.24) is 4.90 Å². The van der Waals surface area contributed by atoms with Crippen molar-refractivity contribution < 1.29 is 14.3 Å². The number of hydrogen-bond donors (Lipinski definition) is 0. The normalized spacial score (nSPS) is 28.5. The summed E-state index contributed by atoms with van der Waals surface area (Å²) >= 11 is 0. The van der Waals surface area contributed by atoms with Gasteiger partial charge in [0.25, 0.3) is 0 Å². The van der Waals surface area contributed by atoms with Gasteiger partial charge in [0.05, 0.1) is 6.04 Å². The van der Waals surface area contributed by atoms with Crippen molar-refractivity contribution in [3.8, 4) is 0 Å². The Morgan fingerprint density at radius 1 is 1.23 bits per heavy atom. The van der Waals surface area contributed by atoms with E-state index in [2.05, 4.69) is 6.92 Å². The Morgan fingerprint density at radius 3 is 2.68 bits per heavy atom. The number of carbonyl (C=O) groups is 2. The first-order valence-electron chi connectivity index (χ1n) is 8.20. The number of cyclic esters (lactones) is 1. The van der Waals surface area contributed by atoms with Crippen LogP contribution >= 0.6 is 0 Å². The molecule has 22 heavy (non-hydrogen) atoms. The fourth-order valence-corrected chi connectivity index (χ4v) is 3.63. The predicted octanol–water partition coefficient (Wildman–Crippen LogP) is 3.40. The molecule has 4 nitrogen and oxygen atoms in total. The van der Waals surface area contributed by atoms with Crippen LogP contribution in [0.25, 0.3) is 0 Å². The smallest absolute Gasteiger partial charge is 0.416 e. The van der Waals surface area contributed by atoms with Crippen LogP contribution in [0.4, 0.5) is 4.79 Å². The van der Waals surface area contributed by atoms with Gasteiger partial charge in [0, 0.05) is 5.92 Å². The lowest BCUT2D eigenvalue weighted by Gasteiger charge is -2.31. The van der Waals surface area contributed by atoms with Crippen LogP contribution in [0.3, 0.4) is 0 Å². The lowest BCUT2D eigenvalue weighted by Crippen LogP contribution is -2.45. The minimum atomic E-state index is -0.469. The van der Waals surface area contributed by atoms with E-state index in [1.54, 1.807) is 0 Å². The lowest BCUT2D eigenvalue weighted by molar-refractivity contribution is -0.136. The first-order chi connectivity index (χ1) is 10.7. The molecule has 4 heteroatoms. The number of ether oxygens (including phenoxy) is 1. The molecule has 1 aromatic carbocycles. The Bertz CT molecular complexity index is 543. The molecule has 0 bridgehead atoms. The highest BCUT2D eigenvalue weighted by Crippen LogP contribution is 2.33. The standard InChI is InChI=1S/C18H23NO3/c1-13-7-5-6-10-16(13)17(20)19-15(12-22-18(19)21)11-14-8-3-2-4-9-14/h2-4,8-9,13,15-16H,5-7,10-12H2,1H3/t13-,15-,16-/m0/s1. The molecule has 2 aliphatic rings. The zero-order valence-corrected chi connectivity index (χ0v) is 13.0. The number of benzene rings is 1. The quantitative estimate of drug-likeness (QED) is 0.859.